The molecular weight excluding hydrogens is 310 g/mol. The van der Waals surface area contributed by atoms with Crippen LogP contribution in [0, 0.1) is 0 Å². The molecular formula is C14H16ClN3O4. The lowest BCUT2D eigenvalue weighted by Gasteiger charge is -2.19. The van der Waals surface area contributed by atoms with Gasteiger partial charge in [0.1, 0.15) is 6.10 Å². The molecule has 7 nitrogen and oxygen atoms in total. The number of nitrogens with zero attached hydrogens (tertiary/aromatic N) is 2. The van der Waals surface area contributed by atoms with Gasteiger partial charge in [0.05, 0.1) is 43.5 Å². The molecule has 1 N–H and O–H groups in total. The predicted molar refractivity (Wildman–Crippen MR) is 78.1 cm³/mol. The lowest BCUT2D eigenvalue weighted by Crippen LogP contribution is -2.45. The van der Waals surface area contributed by atoms with Crippen LogP contribution >= 0.6 is 11.6 Å². The molecule has 0 spiro atoms. The second-order valence-electron chi connectivity index (χ2n) is 4.91. The zero-order chi connectivity index (χ0) is 15.5. The molecule has 1 saturated heterocycles. The smallest absolute Gasteiger partial charge is 0.256 e. The van der Waals surface area contributed by atoms with Gasteiger partial charge in [-0.25, -0.2) is 0 Å². The summed E-state index contributed by atoms with van der Waals surface area (Å²) in [6.45, 7) is 3.55. The van der Waals surface area contributed by atoms with Gasteiger partial charge in [-0.3, -0.25) is 9.48 Å². The second-order valence-corrected chi connectivity index (χ2v) is 5.26. The molecule has 0 radical (unpaired) electrons. The van der Waals surface area contributed by atoms with E-state index < -0.39 is 0 Å². The number of ether oxygens (including phenoxy) is 2. The molecule has 8 heteroatoms. The first-order valence-electron chi connectivity index (χ1n) is 6.98. The number of amides is 1. The lowest BCUT2D eigenvalue weighted by atomic mass is 10.2. The molecule has 2 aromatic rings. The fraction of sp³-hybridized carbons (Fsp3) is 0.429. The Bertz CT molecular complexity index is 654. The van der Waals surface area contributed by atoms with Crippen molar-refractivity contribution >= 4 is 17.5 Å². The molecule has 2 atom stereocenters. The Kier molecular flexibility index (Phi) is 4.35. The highest BCUT2D eigenvalue weighted by molar-refractivity contribution is 6.32. The van der Waals surface area contributed by atoms with Crippen LogP contribution in [0.3, 0.4) is 0 Å². The molecule has 118 valence electrons. The molecule has 3 rings (SSSR count). The van der Waals surface area contributed by atoms with E-state index in [1.807, 2.05) is 13.1 Å². The summed E-state index contributed by atoms with van der Waals surface area (Å²) < 4.78 is 17.9. The van der Waals surface area contributed by atoms with Crippen LogP contribution in [0.2, 0.25) is 5.22 Å². The van der Waals surface area contributed by atoms with Crippen LogP contribution in [-0.2, 0) is 11.3 Å². The molecule has 1 aliphatic rings. The van der Waals surface area contributed by atoms with Crippen molar-refractivity contribution in [1.29, 1.82) is 0 Å². The van der Waals surface area contributed by atoms with Gasteiger partial charge in [0.2, 0.25) is 5.22 Å². The Morgan fingerprint density at radius 2 is 2.45 bits per heavy atom. The highest BCUT2D eigenvalue weighted by Gasteiger charge is 2.32. The monoisotopic (exact) mass is 325 g/mol. The summed E-state index contributed by atoms with van der Waals surface area (Å²) in [5.41, 5.74) is 0.297. The van der Waals surface area contributed by atoms with Crippen LogP contribution in [-0.4, -0.2) is 41.0 Å². The molecule has 3 heterocycles. The normalized spacial score (nSPS) is 21.0. The van der Waals surface area contributed by atoms with Gasteiger partial charge in [-0.15, -0.1) is 0 Å². The van der Waals surface area contributed by atoms with Gasteiger partial charge in [0, 0.05) is 6.54 Å². The number of rotatable bonds is 5. The van der Waals surface area contributed by atoms with Crippen LogP contribution in [0.25, 0.3) is 0 Å². The lowest BCUT2D eigenvalue weighted by molar-refractivity contribution is 0.0903. The van der Waals surface area contributed by atoms with Crippen molar-refractivity contribution in [2.45, 2.75) is 25.6 Å². The summed E-state index contributed by atoms with van der Waals surface area (Å²) in [5, 5.41) is 7.07. The Morgan fingerprint density at radius 3 is 3.14 bits per heavy atom. The van der Waals surface area contributed by atoms with E-state index in [0.29, 0.717) is 24.5 Å². The number of halogens is 1. The largest absolute Gasteiger partial charge is 0.482 e. The van der Waals surface area contributed by atoms with Crippen molar-refractivity contribution in [1.82, 2.24) is 15.1 Å². The summed E-state index contributed by atoms with van der Waals surface area (Å²) in [5.74, 6) is 0.338. The number of aryl methyl sites for hydroxylation is 1. The van der Waals surface area contributed by atoms with Gasteiger partial charge in [0.15, 0.2) is 5.75 Å². The van der Waals surface area contributed by atoms with Crippen LogP contribution in [0.15, 0.2) is 29.1 Å². The minimum atomic E-state index is -0.313. The Labute approximate surface area is 132 Å². The van der Waals surface area contributed by atoms with Gasteiger partial charge in [-0.2, -0.15) is 5.10 Å². The molecule has 22 heavy (non-hydrogen) atoms. The molecule has 0 aliphatic carbocycles. The fourth-order valence-electron chi connectivity index (χ4n) is 2.24. The Morgan fingerprint density at radius 1 is 1.59 bits per heavy atom. The molecule has 1 fully saturated rings. The predicted octanol–water partition coefficient (Wildman–Crippen LogP) is 1.73. The van der Waals surface area contributed by atoms with Crippen LogP contribution < -0.4 is 10.1 Å². The molecule has 0 bridgehead atoms. The van der Waals surface area contributed by atoms with Crippen molar-refractivity contribution in [3.05, 3.63) is 35.5 Å². The van der Waals surface area contributed by atoms with Gasteiger partial charge >= 0.3 is 0 Å². The summed E-state index contributed by atoms with van der Waals surface area (Å²) in [4.78, 5) is 12.1. The maximum atomic E-state index is 12.1. The molecule has 1 amide bonds. The van der Waals surface area contributed by atoms with Crippen molar-refractivity contribution in [2.24, 2.45) is 0 Å². The van der Waals surface area contributed by atoms with Gasteiger partial charge in [0.25, 0.3) is 5.91 Å². The third kappa shape index (κ3) is 3.10. The van der Waals surface area contributed by atoms with Crippen molar-refractivity contribution in [3.8, 4) is 5.75 Å². The van der Waals surface area contributed by atoms with E-state index in [4.69, 9.17) is 25.5 Å². The Hall–Kier alpha value is -1.99. The summed E-state index contributed by atoms with van der Waals surface area (Å²) >= 11 is 5.80. The first-order valence-corrected chi connectivity index (χ1v) is 7.36. The summed E-state index contributed by atoms with van der Waals surface area (Å²) in [7, 11) is 0. The zero-order valence-electron chi connectivity index (χ0n) is 12.0. The van der Waals surface area contributed by atoms with E-state index in [9.17, 15) is 4.79 Å². The van der Waals surface area contributed by atoms with E-state index in [-0.39, 0.29) is 23.3 Å². The van der Waals surface area contributed by atoms with Crippen LogP contribution in [0.4, 0.5) is 0 Å². The van der Waals surface area contributed by atoms with E-state index in [2.05, 4.69) is 10.4 Å². The second kappa shape index (κ2) is 6.41. The van der Waals surface area contributed by atoms with Gasteiger partial charge in [-0.05, 0) is 24.6 Å². The highest BCUT2D eigenvalue weighted by atomic mass is 35.5. The topological polar surface area (TPSA) is 78.5 Å². The van der Waals surface area contributed by atoms with E-state index >= 15 is 0 Å². The third-order valence-electron chi connectivity index (χ3n) is 3.43. The summed E-state index contributed by atoms with van der Waals surface area (Å²) in [6, 6.07) is 1.26. The Balaban J connectivity index is 1.63. The average Bonchev–Trinajstić information content (AvgIpc) is 3.22. The number of nitrogens with one attached hydrogen (secondary N) is 1. The maximum Gasteiger partial charge on any atom is 0.256 e. The number of aromatic nitrogens is 2. The number of furan rings is 1. The standard InChI is InChI=1S/C14H16ClN3O4/c1-2-18-6-9(5-16-18)22-12-8-20-7-11(12)17-14(19)10-3-4-21-13(10)15/h3-6,11-12H,2,7-8H2,1H3,(H,17,19)/t11-,12+/m0/s1. The highest BCUT2D eigenvalue weighted by Crippen LogP contribution is 2.19. The maximum absolute atomic E-state index is 12.1. The first-order chi connectivity index (χ1) is 10.7. The minimum absolute atomic E-state index is 0.0677. The molecule has 0 unspecified atom stereocenters. The number of hydrogen-bond acceptors (Lipinski definition) is 5. The fourth-order valence-corrected chi connectivity index (χ4v) is 2.44. The van der Waals surface area contributed by atoms with Crippen LogP contribution in [0.5, 0.6) is 5.75 Å². The first kappa shape index (κ1) is 14.9. The SMILES string of the molecule is CCn1cc(O[C@@H]2COC[C@@H]2NC(=O)c2ccoc2Cl)cn1. The zero-order valence-corrected chi connectivity index (χ0v) is 12.7. The van der Waals surface area contributed by atoms with E-state index in [0.717, 1.165) is 6.54 Å². The number of carbonyl (C=O) groups is 1. The van der Waals surface area contributed by atoms with Crippen LogP contribution in [0.1, 0.15) is 17.3 Å². The summed E-state index contributed by atoms with van der Waals surface area (Å²) in [6.07, 6.45) is 4.55. The van der Waals surface area contributed by atoms with Crippen molar-refractivity contribution in [2.75, 3.05) is 13.2 Å². The molecule has 1 aliphatic heterocycles. The number of hydrogen-bond donors (Lipinski definition) is 1. The molecule has 2 aromatic heterocycles. The number of carbonyl (C=O) groups excluding carboxylic acids is 1. The average molecular weight is 326 g/mol. The van der Waals surface area contributed by atoms with E-state index in [1.54, 1.807) is 10.9 Å². The van der Waals surface area contributed by atoms with Gasteiger partial charge < -0.3 is 19.2 Å². The third-order valence-corrected chi connectivity index (χ3v) is 3.72. The quantitative estimate of drug-likeness (QED) is 0.905. The van der Waals surface area contributed by atoms with Crippen molar-refractivity contribution in [3.63, 3.8) is 0 Å². The van der Waals surface area contributed by atoms with Gasteiger partial charge in [-0.1, -0.05) is 0 Å². The van der Waals surface area contributed by atoms with E-state index in [1.165, 1.54) is 12.3 Å². The minimum Gasteiger partial charge on any atom is -0.482 e. The molecule has 0 aromatic carbocycles. The van der Waals surface area contributed by atoms with Crippen molar-refractivity contribution < 1.29 is 18.7 Å². The molecule has 0 saturated carbocycles.